The van der Waals surface area contributed by atoms with Gasteiger partial charge in [-0.2, -0.15) is 0 Å². The van der Waals surface area contributed by atoms with Crippen LogP contribution >= 0.6 is 0 Å². The third kappa shape index (κ3) is 3.14. The fourth-order valence-corrected chi connectivity index (χ4v) is 2.97. The SMILES string of the molecule is CCn1ccnc1[C@@H]1OCCC[C@H]1C(=O)Nc1nc(C)c(C)[nH]1. The summed E-state index contributed by atoms with van der Waals surface area (Å²) in [6.07, 6.45) is 5.02. The van der Waals surface area contributed by atoms with Crippen LogP contribution in [0.15, 0.2) is 12.4 Å². The molecule has 0 aromatic carbocycles. The molecule has 7 nitrogen and oxygen atoms in total. The van der Waals surface area contributed by atoms with E-state index < -0.39 is 0 Å². The summed E-state index contributed by atoms with van der Waals surface area (Å²) in [6, 6.07) is 0. The van der Waals surface area contributed by atoms with Crippen molar-refractivity contribution in [2.45, 2.75) is 46.3 Å². The highest BCUT2D eigenvalue weighted by atomic mass is 16.5. The molecule has 124 valence electrons. The maximum atomic E-state index is 12.7. The summed E-state index contributed by atoms with van der Waals surface area (Å²) >= 11 is 0. The monoisotopic (exact) mass is 317 g/mol. The van der Waals surface area contributed by atoms with E-state index in [0.717, 1.165) is 36.6 Å². The van der Waals surface area contributed by atoms with Gasteiger partial charge in [-0.15, -0.1) is 0 Å². The van der Waals surface area contributed by atoms with E-state index in [9.17, 15) is 4.79 Å². The molecule has 2 aromatic heterocycles. The number of nitrogens with zero attached hydrogens (tertiary/aromatic N) is 3. The van der Waals surface area contributed by atoms with Crippen molar-refractivity contribution in [3.8, 4) is 0 Å². The van der Waals surface area contributed by atoms with Crippen LogP contribution in [0.3, 0.4) is 0 Å². The van der Waals surface area contributed by atoms with Gasteiger partial charge in [-0.25, -0.2) is 9.97 Å². The average Bonchev–Trinajstić information content (AvgIpc) is 3.14. The van der Waals surface area contributed by atoms with Crippen LogP contribution in [0.25, 0.3) is 0 Å². The second-order valence-corrected chi connectivity index (χ2v) is 5.90. The minimum absolute atomic E-state index is 0.0749. The number of aryl methyl sites for hydroxylation is 3. The van der Waals surface area contributed by atoms with Gasteiger partial charge in [0, 0.05) is 31.2 Å². The zero-order valence-corrected chi connectivity index (χ0v) is 13.8. The fourth-order valence-electron chi connectivity index (χ4n) is 2.97. The average molecular weight is 317 g/mol. The number of carbonyl (C=O) groups is 1. The molecule has 1 aliphatic heterocycles. The summed E-state index contributed by atoms with van der Waals surface area (Å²) in [4.78, 5) is 24.5. The van der Waals surface area contributed by atoms with Crippen LogP contribution in [0.4, 0.5) is 5.95 Å². The molecule has 2 N–H and O–H groups in total. The number of hydrogen-bond acceptors (Lipinski definition) is 4. The molecule has 0 unspecified atom stereocenters. The molecular formula is C16H23N5O2. The molecule has 0 saturated carbocycles. The lowest BCUT2D eigenvalue weighted by atomic mass is 9.92. The number of anilines is 1. The molecule has 1 aliphatic rings. The van der Waals surface area contributed by atoms with Gasteiger partial charge in [-0.3, -0.25) is 10.1 Å². The van der Waals surface area contributed by atoms with Crippen LogP contribution in [-0.4, -0.2) is 32.0 Å². The quantitative estimate of drug-likeness (QED) is 0.906. The summed E-state index contributed by atoms with van der Waals surface area (Å²) in [5.74, 6) is 0.976. The van der Waals surface area contributed by atoms with Gasteiger partial charge in [0.1, 0.15) is 11.9 Å². The Bertz CT molecular complexity index is 671. The summed E-state index contributed by atoms with van der Waals surface area (Å²) in [5, 5.41) is 2.88. The van der Waals surface area contributed by atoms with Crippen molar-refractivity contribution in [2.24, 2.45) is 5.92 Å². The molecule has 0 bridgehead atoms. The predicted octanol–water partition coefficient (Wildman–Crippen LogP) is 2.35. The Hall–Kier alpha value is -2.15. The summed E-state index contributed by atoms with van der Waals surface area (Å²) in [6.45, 7) is 7.36. The van der Waals surface area contributed by atoms with Crippen molar-refractivity contribution in [3.05, 3.63) is 29.6 Å². The highest BCUT2D eigenvalue weighted by Crippen LogP contribution is 2.33. The van der Waals surface area contributed by atoms with Crippen molar-refractivity contribution in [1.82, 2.24) is 19.5 Å². The molecule has 0 spiro atoms. The van der Waals surface area contributed by atoms with Crippen LogP contribution in [-0.2, 0) is 16.1 Å². The first-order chi connectivity index (χ1) is 11.1. The molecule has 3 rings (SSSR count). The summed E-state index contributed by atoms with van der Waals surface area (Å²) < 4.78 is 7.92. The second kappa shape index (κ2) is 6.54. The van der Waals surface area contributed by atoms with Gasteiger partial charge >= 0.3 is 0 Å². The number of H-pyrrole nitrogens is 1. The molecule has 2 atom stereocenters. The third-order valence-corrected chi connectivity index (χ3v) is 4.37. The summed E-state index contributed by atoms with van der Waals surface area (Å²) in [7, 11) is 0. The van der Waals surface area contributed by atoms with E-state index in [4.69, 9.17) is 4.74 Å². The maximum Gasteiger partial charge on any atom is 0.232 e. The van der Waals surface area contributed by atoms with Crippen LogP contribution < -0.4 is 5.32 Å². The van der Waals surface area contributed by atoms with Gasteiger partial charge in [0.15, 0.2) is 0 Å². The minimum atomic E-state index is -0.309. The van der Waals surface area contributed by atoms with E-state index in [0.29, 0.717) is 12.6 Å². The zero-order valence-electron chi connectivity index (χ0n) is 13.8. The van der Waals surface area contributed by atoms with E-state index in [2.05, 4.69) is 27.2 Å². The lowest BCUT2D eigenvalue weighted by molar-refractivity contribution is -0.130. The Morgan fingerprint density at radius 2 is 2.35 bits per heavy atom. The molecule has 1 fully saturated rings. The number of rotatable bonds is 4. The molecule has 2 aromatic rings. The Kier molecular flexibility index (Phi) is 4.47. The van der Waals surface area contributed by atoms with Crippen molar-refractivity contribution in [1.29, 1.82) is 0 Å². The Labute approximate surface area is 135 Å². The Balaban J connectivity index is 1.79. The van der Waals surface area contributed by atoms with Gasteiger partial charge < -0.3 is 14.3 Å². The lowest BCUT2D eigenvalue weighted by Crippen LogP contribution is -2.34. The van der Waals surface area contributed by atoms with Gasteiger partial charge in [0.2, 0.25) is 11.9 Å². The molecule has 1 saturated heterocycles. The topological polar surface area (TPSA) is 84.8 Å². The van der Waals surface area contributed by atoms with Crippen LogP contribution in [0.5, 0.6) is 0 Å². The first-order valence-electron chi connectivity index (χ1n) is 8.06. The van der Waals surface area contributed by atoms with E-state index in [1.165, 1.54) is 0 Å². The van der Waals surface area contributed by atoms with Crippen LogP contribution in [0.1, 0.15) is 43.1 Å². The molecule has 0 aliphatic carbocycles. The number of nitrogens with one attached hydrogen (secondary N) is 2. The summed E-state index contributed by atoms with van der Waals surface area (Å²) in [5.41, 5.74) is 1.84. The standard InChI is InChI=1S/C16H23N5O2/c1-4-21-8-7-17-14(21)13-12(6-5-9-23-13)15(22)20-16-18-10(2)11(3)19-16/h7-8,12-13H,4-6,9H2,1-3H3,(H2,18,19,20,22)/t12-,13-/m1/s1. The first-order valence-corrected chi connectivity index (χ1v) is 8.06. The fraction of sp³-hybridized carbons (Fsp3) is 0.562. The van der Waals surface area contributed by atoms with Crippen molar-refractivity contribution in [3.63, 3.8) is 0 Å². The highest BCUT2D eigenvalue weighted by Gasteiger charge is 2.36. The predicted molar refractivity (Wildman–Crippen MR) is 86.0 cm³/mol. The molecule has 23 heavy (non-hydrogen) atoms. The smallest absolute Gasteiger partial charge is 0.232 e. The van der Waals surface area contributed by atoms with Crippen LogP contribution in [0.2, 0.25) is 0 Å². The number of hydrogen-bond donors (Lipinski definition) is 2. The molecule has 0 radical (unpaired) electrons. The van der Waals surface area contributed by atoms with E-state index in [-0.39, 0.29) is 17.9 Å². The van der Waals surface area contributed by atoms with E-state index >= 15 is 0 Å². The first kappa shape index (κ1) is 15.7. The van der Waals surface area contributed by atoms with Gasteiger partial charge in [0.25, 0.3) is 0 Å². The van der Waals surface area contributed by atoms with Gasteiger partial charge in [-0.05, 0) is 33.6 Å². The Morgan fingerprint density at radius 1 is 1.52 bits per heavy atom. The van der Waals surface area contributed by atoms with Crippen molar-refractivity contribution < 1.29 is 9.53 Å². The van der Waals surface area contributed by atoms with Gasteiger partial charge in [-0.1, -0.05) is 0 Å². The van der Waals surface area contributed by atoms with Crippen molar-refractivity contribution in [2.75, 3.05) is 11.9 Å². The number of imidazole rings is 2. The van der Waals surface area contributed by atoms with E-state index in [1.54, 1.807) is 6.20 Å². The van der Waals surface area contributed by atoms with Gasteiger partial charge in [0.05, 0.1) is 11.6 Å². The second-order valence-electron chi connectivity index (χ2n) is 5.90. The normalized spacial score (nSPS) is 21.3. The third-order valence-electron chi connectivity index (χ3n) is 4.37. The van der Waals surface area contributed by atoms with Crippen molar-refractivity contribution >= 4 is 11.9 Å². The molecular weight excluding hydrogens is 294 g/mol. The zero-order chi connectivity index (χ0) is 16.4. The number of amides is 1. The number of aromatic nitrogens is 4. The lowest BCUT2D eigenvalue weighted by Gasteiger charge is -2.30. The highest BCUT2D eigenvalue weighted by molar-refractivity contribution is 5.91. The largest absolute Gasteiger partial charge is 0.369 e. The maximum absolute atomic E-state index is 12.7. The number of carbonyl (C=O) groups excluding carboxylic acids is 1. The van der Waals surface area contributed by atoms with Crippen LogP contribution in [0, 0.1) is 19.8 Å². The number of aromatic amines is 1. The number of ether oxygens (including phenoxy) is 1. The molecule has 7 heteroatoms. The van der Waals surface area contributed by atoms with E-state index in [1.807, 2.05) is 24.6 Å². The molecule has 1 amide bonds. The molecule has 3 heterocycles. The Morgan fingerprint density at radius 3 is 3.04 bits per heavy atom. The minimum Gasteiger partial charge on any atom is -0.369 e.